The average Bonchev–Trinajstić information content (AvgIpc) is 2.39. The van der Waals surface area contributed by atoms with Crippen LogP contribution in [0.1, 0.15) is 45.4 Å². The van der Waals surface area contributed by atoms with Gasteiger partial charge in [0, 0.05) is 6.04 Å². The first-order valence-corrected chi connectivity index (χ1v) is 5.51. The second-order valence-electron chi connectivity index (χ2n) is 3.93. The first-order chi connectivity index (χ1) is 6.38. The van der Waals surface area contributed by atoms with Crippen molar-refractivity contribution in [1.82, 2.24) is 5.32 Å². The number of hydrogen-bond donors (Lipinski definition) is 1. The maximum atomic E-state index is 9.00. The summed E-state index contributed by atoms with van der Waals surface area (Å²) in [5, 5.41) is 12.5. The van der Waals surface area contributed by atoms with E-state index in [4.69, 9.17) is 5.26 Å². The molecule has 2 atom stereocenters. The van der Waals surface area contributed by atoms with Gasteiger partial charge >= 0.3 is 0 Å². The van der Waals surface area contributed by atoms with Crippen LogP contribution < -0.4 is 5.32 Å². The summed E-state index contributed by atoms with van der Waals surface area (Å²) in [4.78, 5) is 0. The van der Waals surface area contributed by atoms with E-state index in [0.29, 0.717) is 6.04 Å². The monoisotopic (exact) mass is 180 g/mol. The molecule has 74 valence electrons. The fourth-order valence-electron chi connectivity index (χ4n) is 2.04. The smallest absolute Gasteiger partial charge is 0.0672 e. The molecule has 2 nitrogen and oxygen atoms in total. The molecule has 0 aromatic rings. The minimum atomic E-state index is 0.258. The van der Waals surface area contributed by atoms with E-state index in [1.807, 2.05) is 0 Å². The summed E-state index contributed by atoms with van der Waals surface area (Å²) < 4.78 is 0. The van der Waals surface area contributed by atoms with Gasteiger partial charge in [-0.15, -0.1) is 0 Å². The van der Waals surface area contributed by atoms with Gasteiger partial charge in [-0.2, -0.15) is 5.26 Å². The number of nitrogens with one attached hydrogen (secondary N) is 1. The highest BCUT2D eigenvalue weighted by atomic mass is 14.9. The fourth-order valence-corrected chi connectivity index (χ4v) is 2.04. The highest BCUT2D eigenvalue weighted by Crippen LogP contribution is 2.22. The Morgan fingerprint density at radius 3 is 2.77 bits per heavy atom. The third-order valence-electron chi connectivity index (χ3n) is 2.84. The van der Waals surface area contributed by atoms with Crippen LogP contribution in [-0.2, 0) is 0 Å². The van der Waals surface area contributed by atoms with Crippen molar-refractivity contribution in [1.29, 1.82) is 5.26 Å². The summed E-state index contributed by atoms with van der Waals surface area (Å²) in [6.45, 7) is 3.23. The molecular formula is C11H20N2. The zero-order valence-corrected chi connectivity index (χ0v) is 8.55. The molecule has 1 aliphatic rings. The minimum Gasteiger partial charge on any atom is -0.313 e. The van der Waals surface area contributed by atoms with Crippen LogP contribution in [0.2, 0.25) is 0 Å². The van der Waals surface area contributed by atoms with Gasteiger partial charge < -0.3 is 5.32 Å². The summed E-state index contributed by atoms with van der Waals surface area (Å²) >= 11 is 0. The van der Waals surface area contributed by atoms with Crippen LogP contribution in [0.25, 0.3) is 0 Å². The fraction of sp³-hybridized carbons (Fsp3) is 0.909. The van der Waals surface area contributed by atoms with Crippen molar-refractivity contribution < 1.29 is 0 Å². The van der Waals surface area contributed by atoms with Gasteiger partial charge in [0.05, 0.1) is 12.0 Å². The van der Waals surface area contributed by atoms with E-state index < -0.39 is 0 Å². The van der Waals surface area contributed by atoms with Gasteiger partial charge in [-0.1, -0.05) is 26.2 Å². The third-order valence-corrected chi connectivity index (χ3v) is 2.84. The molecule has 1 N–H and O–H groups in total. The SMILES string of the molecule is CCCNC1CCCCCC1C#N. The van der Waals surface area contributed by atoms with E-state index in [1.54, 1.807) is 0 Å². The van der Waals surface area contributed by atoms with Crippen LogP contribution in [0.3, 0.4) is 0 Å². The van der Waals surface area contributed by atoms with Crippen LogP contribution in [-0.4, -0.2) is 12.6 Å². The first-order valence-electron chi connectivity index (χ1n) is 5.51. The molecule has 2 unspecified atom stereocenters. The lowest BCUT2D eigenvalue weighted by Gasteiger charge is -2.20. The van der Waals surface area contributed by atoms with Crippen molar-refractivity contribution >= 4 is 0 Å². The number of rotatable bonds is 3. The van der Waals surface area contributed by atoms with Crippen molar-refractivity contribution in [3.05, 3.63) is 0 Å². The second kappa shape index (κ2) is 5.99. The zero-order chi connectivity index (χ0) is 9.52. The molecule has 0 saturated heterocycles. The normalized spacial score (nSPS) is 29.2. The molecule has 0 amide bonds. The summed E-state index contributed by atoms with van der Waals surface area (Å²) in [5.41, 5.74) is 0. The van der Waals surface area contributed by atoms with Crippen LogP contribution in [0.15, 0.2) is 0 Å². The zero-order valence-electron chi connectivity index (χ0n) is 8.55. The van der Waals surface area contributed by atoms with Crippen molar-refractivity contribution in [3.63, 3.8) is 0 Å². The lowest BCUT2D eigenvalue weighted by atomic mass is 9.96. The Morgan fingerprint density at radius 2 is 2.08 bits per heavy atom. The Balaban J connectivity index is 2.40. The Morgan fingerprint density at radius 1 is 1.31 bits per heavy atom. The summed E-state index contributed by atoms with van der Waals surface area (Å²) in [7, 11) is 0. The Hall–Kier alpha value is -0.550. The van der Waals surface area contributed by atoms with Crippen molar-refractivity contribution in [2.75, 3.05) is 6.54 Å². The second-order valence-corrected chi connectivity index (χ2v) is 3.93. The summed E-state index contributed by atoms with van der Waals surface area (Å²) in [5.74, 6) is 0.258. The Labute approximate surface area is 81.3 Å². The van der Waals surface area contributed by atoms with E-state index >= 15 is 0 Å². The van der Waals surface area contributed by atoms with Gasteiger partial charge in [0.1, 0.15) is 0 Å². The average molecular weight is 180 g/mol. The van der Waals surface area contributed by atoms with Crippen LogP contribution in [0.4, 0.5) is 0 Å². The van der Waals surface area contributed by atoms with Crippen molar-refractivity contribution in [2.24, 2.45) is 5.92 Å². The molecule has 0 bridgehead atoms. The molecule has 1 aliphatic carbocycles. The summed E-state index contributed by atoms with van der Waals surface area (Å²) in [6.07, 6.45) is 7.29. The highest BCUT2D eigenvalue weighted by Gasteiger charge is 2.22. The minimum absolute atomic E-state index is 0.258. The molecule has 1 saturated carbocycles. The van der Waals surface area contributed by atoms with Crippen LogP contribution >= 0.6 is 0 Å². The molecule has 0 aromatic carbocycles. The molecule has 0 heterocycles. The topological polar surface area (TPSA) is 35.8 Å². The van der Waals surface area contributed by atoms with E-state index in [0.717, 1.165) is 19.4 Å². The van der Waals surface area contributed by atoms with Gasteiger partial charge in [-0.05, 0) is 25.8 Å². The molecule has 2 heteroatoms. The lowest BCUT2D eigenvalue weighted by Crippen LogP contribution is -2.35. The highest BCUT2D eigenvalue weighted by molar-refractivity contribution is 4.93. The molecule has 0 spiro atoms. The van der Waals surface area contributed by atoms with E-state index in [-0.39, 0.29) is 5.92 Å². The molecule has 1 fully saturated rings. The van der Waals surface area contributed by atoms with Gasteiger partial charge in [0.25, 0.3) is 0 Å². The van der Waals surface area contributed by atoms with Crippen LogP contribution in [0.5, 0.6) is 0 Å². The van der Waals surface area contributed by atoms with Crippen molar-refractivity contribution in [2.45, 2.75) is 51.5 Å². The Bertz CT molecular complexity index is 171. The first kappa shape index (κ1) is 10.5. The van der Waals surface area contributed by atoms with E-state index in [9.17, 15) is 0 Å². The number of hydrogen-bond acceptors (Lipinski definition) is 2. The predicted octanol–water partition coefficient (Wildman–Crippen LogP) is 2.46. The Kier molecular flexibility index (Phi) is 4.85. The van der Waals surface area contributed by atoms with Crippen molar-refractivity contribution in [3.8, 4) is 6.07 Å². The molecule has 0 radical (unpaired) electrons. The largest absolute Gasteiger partial charge is 0.313 e. The van der Waals surface area contributed by atoms with Gasteiger partial charge in [-0.3, -0.25) is 0 Å². The van der Waals surface area contributed by atoms with Gasteiger partial charge in [0.2, 0.25) is 0 Å². The van der Waals surface area contributed by atoms with Gasteiger partial charge in [-0.25, -0.2) is 0 Å². The molecular weight excluding hydrogens is 160 g/mol. The van der Waals surface area contributed by atoms with E-state index in [1.165, 1.54) is 25.7 Å². The number of nitriles is 1. The maximum absolute atomic E-state index is 9.00. The predicted molar refractivity (Wildman–Crippen MR) is 54.3 cm³/mol. The lowest BCUT2D eigenvalue weighted by molar-refractivity contribution is 0.396. The van der Waals surface area contributed by atoms with Gasteiger partial charge in [0.15, 0.2) is 0 Å². The maximum Gasteiger partial charge on any atom is 0.0672 e. The molecule has 1 rings (SSSR count). The van der Waals surface area contributed by atoms with E-state index in [2.05, 4.69) is 18.3 Å². The summed E-state index contributed by atoms with van der Waals surface area (Å²) in [6, 6.07) is 2.91. The number of nitrogens with zero attached hydrogens (tertiary/aromatic N) is 1. The quantitative estimate of drug-likeness (QED) is 0.677. The third kappa shape index (κ3) is 3.36. The van der Waals surface area contributed by atoms with Crippen LogP contribution in [0, 0.1) is 17.2 Å². The molecule has 13 heavy (non-hydrogen) atoms. The molecule has 0 aromatic heterocycles. The molecule has 0 aliphatic heterocycles. The standard InChI is InChI=1S/C11H20N2/c1-2-8-13-11-7-5-3-4-6-10(11)9-12/h10-11,13H,2-8H2,1H3.